The molecule has 2 aliphatic rings. The normalized spacial score (nSPS) is 20.6. The summed E-state index contributed by atoms with van der Waals surface area (Å²) in [5.74, 6) is -0.00561. The molecule has 2 fully saturated rings. The smallest absolute Gasteiger partial charge is 0.329 e. The highest BCUT2D eigenvalue weighted by molar-refractivity contribution is 9.10. The maximum Gasteiger partial charge on any atom is 0.329 e. The van der Waals surface area contributed by atoms with Crippen LogP contribution in [0.15, 0.2) is 22.3 Å². The lowest BCUT2D eigenvalue weighted by Crippen LogP contribution is -2.41. The molecule has 3 rings (SSSR count). The molecule has 1 saturated heterocycles. The highest BCUT2D eigenvalue weighted by atomic mass is 79.9. The van der Waals surface area contributed by atoms with Crippen molar-refractivity contribution in [2.24, 2.45) is 0 Å². The summed E-state index contributed by atoms with van der Waals surface area (Å²) in [6.45, 7) is 0. The minimum atomic E-state index is -0.361. The molecule has 0 radical (unpaired) electrons. The van der Waals surface area contributed by atoms with Gasteiger partial charge in [-0.1, -0.05) is 35.2 Å². The Balaban J connectivity index is 1.89. The summed E-state index contributed by atoms with van der Waals surface area (Å²) in [4.78, 5) is 26.2. The fraction of sp³-hybridized carbons (Fsp3) is 0.412. The molecule has 128 valence electrons. The van der Waals surface area contributed by atoms with Gasteiger partial charge < -0.3 is 15.2 Å². The molecule has 3 amide bonds. The van der Waals surface area contributed by atoms with Crippen LogP contribution in [-0.4, -0.2) is 35.1 Å². The highest BCUT2D eigenvalue weighted by Crippen LogP contribution is 2.34. The summed E-state index contributed by atoms with van der Waals surface area (Å²) in [7, 11) is 1.45. The number of nitrogens with one attached hydrogen (secondary N) is 1. The number of halogens is 1. The molecule has 2 N–H and O–H groups in total. The van der Waals surface area contributed by atoms with Crippen LogP contribution < -0.4 is 10.1 Å². The monoisotopic (exact) mass is 394 g/mol. The first kappa shape index (κ1) is 16.8. The number of phenols is 1. The van der Waals surface area contributed by atoms with E-state index in [9.17, 15) is 14.7 Å². The van der Waals surface area contributed by atoms with Crippen molar-refractivity contribution in [3.05, 3.63) is 27.9 Å². The molecule has 0 aromatic heterocycles. The van der Waals surface area contributed by atoms with Crippen LogP contribution in [0.25, 0.3) is 6.08 Å². The Morgan fingerprint density at radius 3 is 2.67 bits per heavy atom. The third-order valence-electron chi connectivity index (χ3n) is 4.45. The minimum Gasteiger partial charge on any atom is -0.504 e. The van der Waals surface area contributed by atoms with Crippen molar-refractivity contribution in [3.8, 4) is 11.5 Å². The number of imide groups is 1. The van der Waals surface area contributed by atoms with Gasteiger partial charge in [0.05, 0.1) is 7.11 Å². The van der Waals surface area contributed by atoms with E-state index in [0.29, 0.717) is 15.8 Å². The number of carbonyl (C=O) groups is 2. The fourth-order valence-corrected chi connectivity index (χ4v) is 3.65. The number of hydrogen-bond acceptors (Lipinski definition) is 4. The van der Waals surface area contributed by atoms with Crippen molar-refractivity contribution in [1.82, 2.24) is 10.2 Å². The predicted octanol–water partition coefficient (Wildman–Crippen LogP) is 3.39. The molecule has 1 aromatic rings. The molecule has 1 heterocycles. The maximum atomic E-state index is 12.6. The zero-order chi connectivity index (χ0) is 17.3. The van der Waals surface area contributed by atoms with Gasteiger partial charge in [-0.05, 0) is 36.6 Å². The van der Waals surface area contributed by atoms with Crippen molar-refractivity contribution in [3.63, 3.8) is 0 Å². The summed E-state index contributed by atoms with van der Waals surface area (Å²) >= 11 is 3.35. The van der Waals surface area contributed by atoms with Gasteiger partial charge in [-0.3, -0.25) is 9.69 Å². The predicted molar refractivity (Wildman–Crippen MR) is 92.6 cm³/mol. The van der Waals surface area contributed by atoms with Gasteiger partial charge in [-0.25, -0.2) is 4.79 Å². The van der Waals surface area contributed by atoms with Gasteiger partial charge in [0.25, 0.3) is 5.91 Å². The third kappa shape index (κ3) is 3.13. The van der Waals surface area contributed by atoms with Crippen molar-refractivity contribution in [1.29, 1.82) is 0 Å². The number of benzene rings is 1. The summed E-state index contributed by atoms with van der Waals surface area (Å²) in [5, 5.41) is 12.4. The van der Waals surface area contributed by atoms with Gasteiger partial charge in [0, 0.05) is 10.5 Å². The molecule has 24 heavy (non-hydrogen) atoms. The lowest BCUT2D eigenvalue weighted by atomic mass is 9.94. The Hall–Kier alpha value is -2.02. The van der Waals surface area contributed by atoms with Gasteiger partial charge in [-0.2, -0.15) is 0 Å². The Bertz CT molecular complexity index is 711. The Morgan fingerprint density at radius 1 is 1.29 bits per heavy atom. The maximum absolute atomic E-state index is 12.6. The van der Waals surface area contributed by atoms with Crippen LogP contribution >= 0.6 is 15.9 Å². The summed E-state index contributed by atoms with van der Waals surface area (Å²) in [5.41, 5.74) is 0.873. The first-order valence-corrected chi connectivity index (χ1v) is 8.73. The van der Waals surface area contributed by atoms with Gasteiger partial charge in [0.15, 0.2) is 11.5 Å². The van der Waals surface area contributed by atoms with E-state index in [0.717, 1.165) is 32.1 Å². The Labute approximate surface area is 148 Å². The molecular weight excluding hydrogens is 376 g/mol. The van der Waals surface area contributed by atoms with Crippen LogP contribution in [0.3, 0.4) is 0 Å². The summed E-state index contributed by atoms with van der Waals surface area (Å²) < 4.78 is 5.69. The van der Waals surface area contributed by atoms with Gasteiger partial charge in [0.2, 0.25) is 0 Å². The van der Waals surface area contributed by atoms with Gasteiger partial charge in [-0.15, -0.1) is 0 Å². The average Bonchev–Trinajstić information content (AvgIpc) is 2.84. The number of methoxy groups -OCH3 is 1. The molecule has 1 aliphatic heterocycles. The van der Waals surface area contributed by atoms with E-state index in [1.807, 2.05) is 0 Å². The number of urea groups is 1. The van der Waals surface area contributed by atoms with E-state index in [1.54, 1.807) is 12.1 Å². The number of nitrogens with zero attached hydrogens (tertiary/aromatic N) is 1. The zero-order valence-electron chi connectivity index (χ0n) is 13.3. The quantitative estimate of drug-likeness (QED) is 0.608. The minimum absolute atomic E-state index is 0.00265. The van der Waals surface area contributed by atoms with E-state index in [4.69, 9.17) is 4.74 Å². The Kier molecular flexibility index (Phi) is 4.80. The lowest BCUT2D eigenvalue weighted by molar-refractivity contribution is -0.124. The number of amides is 3. The van der Waals surface area contributed by atoms with Crippen molar-refractivity contribution < 1.29 is 19.4 Å². The van der Waals surface area contributed by atoms with Crippen LogP contribution in [0, 0.1) is 0 Å². The van der Waals surface area contributed by atoms with Crippen LogP contribution in [-0.2, 0) is 4.79 Å². The zero-order valence-corrected chi connectivity index (χ0v) is 14.9. The van der Waals surface area contributed by atoms with E-state index in [1.165, 1.54) is 18.1 Å². The SMILES string of the molecule is COc1cc(/C=C2\NC(=O)N(C3CCCCC3)C2=O)c(Br)cc1O. The van der Waals surface area contributed by atoms with E-state index < -0.39 is 0 Å². The molecule has 1 aliphatic carbocycles. The van der Waals surface area contributed by atoms with Crippen LogP contribution in [0.1, 0.15) is 37.7 Å². The molecule has 6 nitrogen and oxygen atoms in total. The summed E-state index contributed by atoms with van der Waals surface area (Å²) in [6.07, 6.45) is 6.56. The van der Waals surface area contributed by atoms with Crippen molar-refractivity contribution >= 4 is 33.9 Å². The number of hydrogen-bond donors (Lipinski definition) is 2. The van der Waals surface area contributed by atoms with Crippen LogP contribution in [0.4, 0.5) is 4.79 Å². The fourth-order valence-electron chi connectivity index (χ4n) is 3.21. The van der Waals surface area contributed by atoms with Crippen LogP contribution in [0.5, 0.6) is 11.5 Å². The molecule has 1 saturated carbocycles. The van der Waals surface area contributed by atoms with Crippen molar-refractivity contribution in [2.75, 3.05) is 7.11 Å². The van der Waals surface area contributed by atoms with E-state index in [2.05, 4.69) is 21.2 Å². The molecule has 0 spiro atoms. The van der Waals surface area contributed by atoms with Crippen LogP contribution in [0.2, 0.25) is 0 Å². The largest absolute Gasteiger partial charge is 0.504 e. The second-order valence-corrected chi connectivity index (χ2v) is 6.86. The average molecular weight is 395 g/mol. The molecule has 0 bridgehead atoms. The number of rotatable bonds is 3. The van der Waals surface area contributed by atoms with Crippen molar-refractivity contribution in [2.45, 2.75) is 38.1 Å². The second kappa shape index (κ2) is 6.84. The molecule has 7 heteroatoms. The Morgan fingerprint density at radius 2 is 2.00 bits per heavy atom. The molecule has 0 atom stereocenters. The first-order valence-electron chi connectivity index (χ1n) is 7.94. The number of phenolic OH excluding ortho intramolecular Hbond substituents is 1. The van der Waals surface area contributed by atoms with E-state index >= 15 is 0 Å². The third-order valence-corrected chi connectivity index (χ3v) is 5.13. The number of aromatic hydroxyl groups is 1. The second-order valence-electron chi connectivity index (χ2n) is 6.00. The first-order chi connectivity index (χ1) is 11.5. The number of ether oxygens (including phenoxy) is 1. The highest BCUT2D eigenvalue weighted by Gasteiger charge is 2.39. The summed E-state index contributed by atoms with van der Waals surface area (Å²) in [6, 6.07) is 2.72. The van der Waals surface area contributed by atoms with Gasteiger partial charge in [0.1, 0.15) is 5.70 Å². The molecule has 1 aromatic carbocycles. The van der Waals surface area contributed by atoms with Gasteiger partial charge >= 0.3 is 6.03 Å². The van der Waals surface area contributed by atoms with E-state index in [-0.39, 0.29) is 29.4 Å². The topological polar surface area (TPSA) is 78.9 Å². The lowest BCUT2D eigenvalue weighted by Gasteiger charge is -2.28. The molecule has 0 unspecified atom stereocenters. The molecular formula is C17H19BrN2O4. The number of carbonyl (C=O) groups excluding carboxylic acids is 2. The standard InChI is InChI=1S/C17H19BrN2O4/c1-24-15-8-10(12(18)9-14(15)21)7-13-16(22)20(17(23)19-13)11-5-3-2-4-6-11/h7-9,11,21H,2-6H2,1H3,(H,19,23)/b13-7-.